The summed E-state index contributed by atoms with van der Waals surface area (Å²) in [6.07, 6.45) is 7.72. The monoisotopic (exact) mass is 210 g/mol. The van der Waals surface area contributed by atoms with Crippen molar-refractivity contribution in [3.8, 4) is 0 Å². The Hall–Kier alpha value is -0.960. The van der Waals surface area contributed by atoms with Crippen molar-refractivity contribution in [3.05, 3.63) is 12.2 Å². The Morgan fingerprint density at radius 2 is 2.27 bits per heavy atom. The fourth-order valence-electron chi connectivity index (χ4n) is 1.83. The molecule has 0 unspecified atom stereocenters. The molecule has 15 heavy (non-hydrogen) atoms. The maximum absolute atomic E-state index is 11.5. The first kappa shape index (κ1) is 12.1. The van der Waals surface area contributed by atoms with Crippen LogP contribution in [0.1, 0.15) is 38.5 Å². The topological polar surface area (TPSA) is 54.4 Å². The van der Waals surface area contributed by atoms with E-state index in [1.54, 1.807) is 6.08 Å². The van der Waals surface area contributed by atoms with Gasteiger partial charge in [-0.05, 0) is 31.8 Å². The maximum Gasteiger partial charge on any atom is 0.158 e. The van der Waals surface area contributed by atoms with Gasteiger partial charge in [0.15, 0.2) is 5.78 Å². The number of hydrogen-bond acceptors (Lipinski definition) is 3. The van der Waals surface area contributed by atoms with Crippen LogP contribution in [0.4, 0.5) is 0 Å². The van der Waals surface area contributed by atoms with Gasteiger partial charge in [0.05, 0.1) is 0 Å². The summed E-state index contributed by atoms with van der Waals surface area (Å²) < 4.78 is 0. The van der Waals surface area contributed by atoms with Gasteiger partial charge in [0, 0.05) is 25.4 Å². The Morgan fingerprint density at radius 3 is 3.00 bits per heavy atom. The van der Waals surface area contributed by atoms with Crippen LogP contribution >= 0.6 is 0 Å². The van der Waals surface area contributed by atoms with Gasteiger partial charge in [-0.2, -0.15) is 0 Å². The van der Waals surface area contributed by atoms with Crippen LogP contribution in [0.2, 0.25) is 0 Å². The van der Waals surface area contributed by atoms with Crippen LogP contribution in [0.25, 0.3) is 0 Å². The Balaban J connectivity index is 2.33. The highest BCUT2D eigenvalue weighted by atomic mass is 16.3. The highest BCUT2D eigenvalue weighted by Crippen LogP contribution is 2.20. The second-order valence-corrected chi connectivity index (χ2v) is 3.98. The molecule has 0 radical (unpaired) electrons. The first-order valence-electron chi connectivity index (χ1n) is 5.57. The Labute approximate surface area is 90.2 Å². The molecular weight excluding hydrogens is 192 g/mol. The second-order valence-electron chi connectivity index (χ2n) is 3.98. The number of aliphatic hydroxyl groups excluding tert-OH is 1. The van der Waals surface area contributed by atoms with Crippen LogP contribution in [-0.4, -0.2) is 23.3 Å². The number of hydrogen-bond donors (Lipinski definition) is 1. The third-order valence-electron chi connectivity index (χ3n) is 2.77. The highest BCUT2D eigenvalue weighted by molar-refractivity contribution is 5.92. The molecule has 1 rings (SSSR count). The van der Waals surface area contributed by atoms with Crippen LogP contribution in [0.3, 0.4) is 0 Å². The van der Waals surface area contributed by atoms with Crippen molar-refractivity contribution in [1.82, 2.24) is 0 Å². The van der Waals surface area contributed by atoms with Gasteiger partial charge < -0.3 is 5.11 Å². The van der Waals surface area contributed by atoms with Crippen LogP contribution in [-0.2, 0) is 9.59 Å². The van der Waals surface area contributed by atoms with Crippen LogP contribution in [0, 0.1) is 5.92 Å². The molecule has 0 saturated carbocycles. The summed E-state index contributed by atoms with van der Waals surface area (Å²) in [5, 5.41) is 8.57. The van der Waals surface area contributed by atoms with Crippen LogP contribution < -0.4 is 0 Å². The van der Waals surface area contributed by atoms with Crippen molar-refractivity contribution in [2.24, 2.45) is 5.92 Å². The van der Waals surface area contributed by atoms with Gasteiger partial charge >= 0.3 is 0 Å². The van der Waals surface area contributed by atoms with Gasteiger partial charge in [0.2, 0.25) is 0 Å². The number of carbonyl (C=O) groups excluding carboxylic acids is 2. The highest BCUT2D eigenvalue weighted by Gasteiger charge is 2.18. The van der Waals surface area contributed by atoms with Crippen LogP contribution in [0.5, 0.6) is 0 Å². The van der Waals surface area contributed by atoms with E-state index in [2.05, 4.69) is 0 Å². The lowest BCUT2D eigenvalue weighted by Crippen LogP contribution is -2.13. The van der Waals surface area contributed by atoms with E-state index in [0.29, 0.717) is 12.8 Å². The fraction of sp³-hybridized carbons (Fsp3) is 0.667. The molecule has 0 heterocycles. The predicted octanol–water partition coefficient (Wildman–Crippen LogP) is 1.64. The van der Waals surface area contributed by atoms with E-state index in [0.717, 1.165) is 19.3 Å². The molecule has 0 aromatic carbocycles. The first-order chi connectivity index (χ1) is 7.24. The average molecular weight is 210 g/mol. The molecule has 84 valence electrons. The first-order valence-corrected chi connectivity index (χ1v) is 5.57. The number of Topliss-reactive ketones (excluding diaryl/α,β-unsaturated/α-hetero) is 1. The summed E-state index contributed by atoms with van der Waals surface area (Å²) in [4.78, 5) is 22.7. The summed E-state index contributed by atoms with van der Waals surface area (Å²) >= 11 is 0. The summed E-state index contributed by atoms with van der Waals surface area (Å²) in [5.41, 5.74) is 0. The summed E-state index contributed by atoms with van der Waals surface area (Å²) in [6, 6.07) is 0. The minimum absolute atomic E-state index is 0.0198. The molecule has 0 aromatic rings. The number of rotatable bonds is 5. The second kappa shape index (κ2) is 6.51. The molecule has 1 aliphatic rings. The van der Waals surface area contributed by atoms with Crippen LogP contribution in [0.15, 0.2) is 12.2 Å². The van der Waals surface area contributed by atoms with E-state index in [4.69, 9.17) is 5.11 Å². The quantitative estimate of drug-likeness (QED) is 0.750. The summed E-state index contributed by atoms with van der Waals surface area (Å²) in [7, 11) is 0. The average Bonchev–Trinajstić information content (AvgIpc) is 2.41. The molecule has 0 bridgehead atoms. The van der Waals surface area contributed by atoms with E-state index in [9.17, 15) is 9.59 Å². The molecule has 3 nitrogen and oxygen atoms in total. The third-order valence-corrected chi connectivity index (χ3v) is 2.77. The zero-order valence-corrected chi connectivity index (χ0v) is 8.95. The molecule has 0 saturated heterocycles. The SMILES string of the molecule is O=C(CCO)CC[C@H]1CCCC=CC1=O. The fourth-order valence-corrected chi connectivity index (χ4v) is 1.83. The Morgan fingerprint density at radius 1 is 1.47 bits per heavy atom. The lowest BCUT2D eigenvalue weighted by Gasteiger charge is -2.10. The van der Waals surface area contributed by atoms with Crippen molar-refractivity contribution in [3.63, 3.8) is 0 Å². The molecule has 1 atom stereocenters. The van der Waals surface area contributed by atoms with E-state index in [-0.39, 0.29) is 30.5 Å². The molecule has 3 heteroatoms. The molecular formula is C12H18O3. The largest absolute Gasteiger partial charge is 0.396 e. The Kier molecular flexibility index (Phi) is 5.26. The van der Waals surface area contributed by atoms with Gasteiger partial charge in [-0.25, -0.2) is 0 Å². The maximum atomic E-state index is 11.5. The van der Waals surface area contributed by atoms with E-state index >= 15 is 0 Å². The third kappa shape index (κ3) is 4.38. The molecule has 0 amide bonds. The molecule has 1 aliphatic carbocycles. The summed E-state index contributed by atoms with van der Waals surface area (Å²) in [5.74, 6) is 0.231. The van der Waals surface area contributed by atoms with Gasteiger partial charge in [0.1, 0.15) is 5.78 Å². The normalized spacial score (nSPS) is 21.4. The molecule has 0 aromatic heterocycles. The van der Waals surface area contributed by atoms with Gasteiger partial charge in [-0.3, -0.25) is 9.59 Å². The molecule has 1 N–H and O–H groups in total. The molecule has 0 aliphatic heterocycles. The molecule has 0 spiro atoms. The number of allylic oxidation sites excluding steroid dienone is 2. The van der Waals surface area contributed by atoms with Gasteiger partial charge in [-0.1, -0.05) is 6.08 Å². The van der Waals surface area contributed by atoms with Crippen molar-refractivity contribution in [2.45, 2.75) is 38.5 Å². The smallest absolute Gasteiger partial charge is 0.158 e. The number of carbonyl (C=O) groups is 2. The van der Waals surface area contributed by atoms with Crippen molar-refractivity contribution >= 4 is 11.6 Å². The van der Waals surface area contributed by atoms with Gasteiger partial charge in [-0.15, -0.1) is 0 Å². The minimum atomic E-state index is -0.0860. The minimum Gasteiger partial charge on any atom is -0.396 e. The van der Waals surface area contributed by atoms with E-state index in [1.807, 2.05) is 6.08 Å². The number of ketones is 2. The lowest BCUT2D eigenvalue weighted by atomic mass is 9.93. The standard InChI is InChI=1S/C12H18O3/c13-9-8-11(14)7-6-10-4-2-1-3-5-12(10)15/h3,5,10,13H,1-2,4,6-9H2/t10-/m1/s1. The molecule has 0 fully saturated rings. The van der Waals surface area contributed by atoms with E-state index < -0.39 is 0 Å². The zero-order chi connectivity index (χ0) is 11.1. The predicted molar refractivity (Wildman–Crippen MR) is 57.4 cm³/mol. The Bertz CT molecular complexity index is 256. The number of aliphatic hydroxyl groups is 1. The zero-order valence-electron chi connectivity index (χ0n) is 8.95. The van der Waals surface area contributed by atoms with Crippen molar-refractivity contribution in [2.75, 3.05) is 6.61 Å². The van der Waals surface area contributed by atoms with E-state index in [1.165, 1.54) is 0 Å². The lowest BCUT2D eigenvalue weighted by molar-refractivity contribution is -0.121. The van der Waals surface area contributed by atoms with Gasteiger partial charge in [0.25, 0.3) is 0 Å². The van der Waals surface area contributed by atoms with Crippen molar-refractivity contribution < 1.29 is 14.7 Å². The van der Waals surface area contributed by atoms with Crippen molar-refractivity contribution in [1.29, 1.82) is 0 Å². The summed E-state index contributed by atoms with van der Waals surface area (Å²) in [6.45, 7) is -0.0860.